The molecule has 0 aliphatic rings. The average molecular weight is 149 g/mol. The summed E-state index contributed by atoms with van der Waals surface area (Å²) in [6.07, 6.45) is 0. The van der Waals surface area contributed by atoms with Gasteiger partial charge in [0.05, 0.1) is 5.84 Å². The van der Waals surface area contributed by atoms with E-state index in [2.05, 4.69) is 0 Å². The lowest BCUT2D eigenvalue weighted by Crippen LogP contribution is -2.16. The van der Waals surface area contributed by atoms with Gasteiger partial charge < -0.3 is 10.9 Å². The zero-order chi connectivity index (χ0) is 8.73. The van der Waals surface area contributed by atoms with Crippen LogP contribution in [0.15, 0.2) is 0 Å². The van der Waals surface area contributed by atoms with Crippen molar-refractivity contribution in [3.8, 4) is 0 Å². The van der Waals surface area contributed by atoms with E-state index < -0.39 is 5.09 Å². The predicted octanol–water partition coefficient (Wildman–Crippen LogP) is 0.231. The van der Waals surface area contributed by atoms with Gasteiger partial charge in [0.15, 0.2) is 0 Å². The summed E-state index contributed by atoms with van der Waals surface area (Å²) in [6.45, 7) is 3.78. The van der Waals surface area contributed by atoms with E-state index in [0.717, 1.165) is 0 Å². The van der Waals surface area contributed by atoms with Crippen molar-refractivity contribution in [3.63, 3.8) is 0 Å². The molecule has 0 rings (SSSR count). The van der Waals surface area contributed by atoms with Crippen molar-refractivity contribution in [1.29, 1.82) is 5.41 Å². The van der Waals surface area contributed by atoms with Crippen LogP contribution in [0.4, 0.5) is 0 Å². The lowest BCUT2D eigenvalue weighted by atomic mass is 10.2. The number of rotatable bonds is 1. The molecule has 0 fully saturated rings. The number of nitrogens with two attached hydrogens (primary N) is 1. The van der Waals surface area contributed by atoms with E-state index >= 15 is 0 Å². The Labute approximate surface area is 58.3 Å². The number of nitrogens with zero attached hydrogens (tertiary/aromatic N) is 1. The number of hydrogen-bond acceptors (Lipinski definition) is 3. The smallest absolute Gasteiger partial charge is 0.291 e. The first-order valence-corrected chi connectivity index (χ1v) is 2.55. The molecule has 0 aromatic carbocycles. The molecule has 6 heteroatoms. The second-order valence-electron chi connectivity index (χ2n) is 1.85. The molecule has 0 heterocycles. The van der Waals surface area contributed by atoms with Crippen molar-refractivity contribution in [3.05, 3.63) is 10.1 Å². The Balaban J connectivity index is 0. The molecule has 0 spiro atoms. The van der Waals surface area contributed by atoms with Crippen molar-refractivity contribution in [2.45, 2.75) is 13.8 Å². The third-order valence-electron chi connectivity index (χ3n) is 0.622. The molecular formula is C4H11N3O3. The maximum absolute atomic E-state index is 8.36. The van der Waals surface area contributed by atoms with E-state index in [4.69, 9.17) is 26.5 Å². The third kappa shape index (κ3) is 30.1. The third-order valence-corrected chi connectivity index (χ3v) is 0.622. The molecule has 0 atom stereocenters. The zero-order valence-corrected chi connectivity index (χ0v) is 5.87. The molecule has 0 aromatic heterocycles. The lowest BCUT2D eigenvalue weighted by molar-refractivity contribution is -0.742. The highest BCUT2D eigenvalue weighted by Gasteiger charge is 1.91. The minimum Gasteiger partial charge on any atom is -0.387 e. The molecule has 0 aliphatic heterocycles. The van der Waals surface area contributed by atoms with Gasteiger partial charge >= 0.3 is 0 Å². The van der Waals surface area contributed by atoms with Crippen LogP contribution in [0.25, 0.3) is 0 Å². The fraction of sp³-hybridized carbons (Fsp3) is 0.750. The molecule has 0 unspecified atom stereocenters. The van der Waals surface area contributed by atoms with E-state index in [1.54, 1.807) is 0 Å². The van der Waals surface area contributed by atoms with Gasteiger partial charge in [0.2, 0.25) is 0 Å². The summed E-state index contributed by atoms with van der Waals surface area (Å²) in [5.74, 6) is 0.472. The van der Waals surface area contributed by atoms with Crippen LogP contribution in [0.1, 0.15) is 13.8 Å². The van der Waals surface area contributed by atoms with Crippen molar-refractivity contribution >= 4 is 5.84 Å². The Morgan fingerprint density at radius 2 is 1.90 bits per heavy atom. The van der Waals surface area contributed by atoms with Crippen molar-refractivity contribution in [2.75, 3.05) is 0 Å². The Bertz CT molecular complexity index is 119. The molecule has 0 radical (unpaired) electrons. The molecule has 0 aliphatic carbocycles. The molecule has 0 saturated heterocycles. The number of nitrogens with one attached hydrogen (secondary N) is 1. The Morgan fingerprint density at radius 3 is 1.90 bits per heavy atom. The summed E-state index contributed by atoms with van der Waals surface area (Å²) in [5.41, 5.74) is 5.02. The Morgan fingerprint density at radius 1 is 1.80 bits per heavy atom. The molecule has 6 nitrogen and oxygen atoms in total. The van der Waals surface area contributed by atoms with Gasteiger partial charge in [-0.1, -0.05) is 13.8 Å². The first kappa shape index (κ1) is 11.5. The highest BCUT2D eigenvalue weighted by atomic mass is 16.9. The van der Waals surface area contributed by atoms with E-state index in [1.165, 1.54) is 0 Å². The summed E-state index contributed by atoms with van der Waals surface area (Å²) in [4.78, 5) is 8.36. The fourth-order valence-corrected chi connectivity index (χ4v) is 0. The summed E-state index contributed by atoms with van der Waals surface area (Å²) in [7, 11) is 0. The summed E-state index contributed by atoms with van der Waals surface area (Å²) >= 11 is 0. The van der Waals surface area contributed by atoms with E-state index in [1.807, 2.05) is 13.8 Å². The topological polar surface area (TPSA) is 113 Å². The summed E-state index contributed by atoms with van der Waals surface area (Å²) < 4.78 is 0. The number of amidine groups is 1. The fourth-order valence-electron chi connectivity index (χ4n) is 0. The second kappa shape index (κ2) is 5.80. The Kier molecular flexibility index (Phi) is 6.65. The van der Waals surface area contributed by atoms with Crippen LogP contribution in [-0.4, -0.2) is 16.1 Å². The highest BCUT2D eigenvalue weighted by Crippen LogP contribution is 1.85. The van der Waals surface area contributed by atoms with Gasteiger partial charge in [0.25, 0.3) is 5.09 Å². The van der Waals surface area contributed by atoms with E-state index in [9.17, 15) is 0 Å². The molecule has 0 bridgehead atoms. The maximum atomic E-state index is 8.36. The zero-order valence-electron chi connectivity index (χ0n) is 5.87. The summed E-state index contributed by atoms with van der Waals surface area (Å²) in [6, 6.07) is 0. The molecule has 0 aromatic rings. The van der Waals surface area contributed by atoms with Crippen LogP contribution in [0.3, 0.4) is 0 Å². The highest BCUT2D eigenvalue weighted by molar-refractivity contribution is 5.78. The molecule has 0 saturated carbocycles. The second-order valence-corrected chi connectivity index (χ2v) is 1.85. The molecule has 4 N–H and O–H groups in total. The monoisotopic (exact) mass is 149 g/mol. The van der Waals surface area contributed by atoms with Crippen LogP contribution < -0.4 is 5.73 Å². The molecule has 10 heavy (non-hydrogen) atoms. The van der Waals surface area contributed by atoms with Crippen LogP contribution in [-0.2, 0) is 0 Å². The summed E-state index contributed by atoms with van der Waals surface area (Å²) in [5, 5.41) is 20.4. The van der Waals surface area contributed by atoms with Gasteiger partial charge in [0.1, 0.15) is 0 Å². The van der Waals surface area contributed by atoms with Crippen molar-refractivity contribution in [2.24, 2.45) is 11.7 Å². The largest absolute Gasteiger partial charge is 0.387 e. The van der Waals surface area contributed by atoms with Gasteiger partial charge in [-0.2, -0.15) is 0 Å². The average Bonchev–Trinajstić information content (AvgIpc) is 1.63. The van der Waals surface area contributed by atoms with Crippen LogP contribution in [0, 0.1) is 21.4 Å². The van der Waals surface area contributed by atoms with Crippen LogP contribution in [0.2, 0.25) is 0 Å². The predicted molar refractivity (Wildman–Crippen MR) is 35.5 cm³/mol. The molecule has 0 amide bonds. The van der Waals surface area contributed by atoms with Crippen LogP contribution in [0.5, 0.6) is 0 Å². The minimum absolute atomic E-state index is 0.213. The van der Waals surface area contributed by atoms with Crippen molar-refractivity contribution < 1.29 is 10.3 Å². The first-order valence-electron chi connectivity index (χ1n) is 2.55. The SMILES string of the molecule is CC(C)C(=N)N.O=[N+]([O-])O. The van der Waals surface area contributed by atoms with Gasteiger partial charge in [-0.3, -0.25) is 5.41 Å². The van der Waals surface area contributed by atoms with Crippen LogP contribution >= 0.6 is 0 Å². The Hall–Kier alpha value is -1.33. The van der Waals surface area contributed by atoms with E-state index in [-0.39, 0.29) is 11.8 Å². The molecular weight excluding hydrogens is 138 g/mol. The van der Waals surface area contributed by atoms with E-state index in [0.29, 0.717) is 0 Å². The van der Waals surface area contributed by atoms with Gasteiger partial charge in [0, 0.05) is 5.92 Å². The quantitative estimate of drug-likeness (QED) is 0.214. The lowest BCUT2D eigenvalue weighted by Gasteiger charge is -1.95. The minimum atomic E-state index is -1.50. The van der Waals surface area contributed by atoms with Crippen molar-refractivity contribution in [1.82, 2.24) is 0 Å². The van der Waals surface area contributed by atoms with Gasteiger partial charge in [-0.05, 0) is 0 Å². The molecule has 60 valence electrons. The van der Waals surface area contributed by atoms with Gasteiger partial charge in [-0.25, -0.2) is 0 Å². The normalized spacial score (nSPS) is 7.90. The number of hydrogen-bond donors (Lipinski definition) is 3. The maximum Gasteiger partial charge on any atom is 0.291 e. The first-order chi connectivity index (χ1) is 4.37. The standard InChI is InChI=1S/C4H10N2.HNO3/c1-3(2)4(5)6;2-1(3)4/h3H,1-2H3,(H3,5,6);(H,2,3,4). The van der Waals surface area contributed by atoms with Gasteiger partial charge in [-0.15, -0.1) is 10.1 Å².